The smallest absolute Gasteiger partial charge is 0.184 e. The van der Waals surface area contributed by atoms with E-state index in [1.165, 1.54) is 6.21 Å². The molecule has 1 aromatic carbocycles. The van der Waals surface area contributed by atoms with Crippen LogP contribution >= 0.6 is 12.2 Å². The highest BCUT2D eigenvalue weighted by atomic mass is 32.1. The quantitative estimate of drug-likeness (QED) is 0.513. The Bertz CT molecular complexity index is 616. The van der Waals surface area contributed by atoms with Gasteiger partial charge in [0.05, 0.1) is 6.21 Å². The lowest BCUT2D eigenvalue weighted by molar-refractivity contribution is 0.574. The van der Waals surface area contributed by atoms with Crippen molar-refractivity contribution < 1.29 is 4.42 Å². The molecule has 3 N–H and O–H groups in total. The predicted molar refractivity (Wildman–Crippen MR) is 86.0 cm³/mol. The Morgan fingerprint density at radius 2 is 1.95 bits per heavy atom. The van der Waals surface area contributed by atoms with Crippen LogP contribution in [0.3, 0.4) is 0 Å². The van der Waals surface area contributed by atoms with E-state index in [-0.39, 0.29) is 5.11 Å². The number of rotatable bonds is 4. The average molecular weight is 288 g/mol. The Hall–Kier alpha value is -2.34. The van der Waals surface area contributed by atoms with Gasteiger partial charge in [0.15, 0.2) is 5.11 Å². The molecule has 1 aromatic heterocycles. The molecule has 2 aromatic rings. The molecule has 0 saturated heterocycles. The van der Waals surface area contributed by atoms with Crippen LogP contribution in [-0.4, -0.2) is 25.4 Å². The Morgan fingerprint density at radius 3 is 2.55 bits per heavy atom. The highest BCUT2D eigenvalue weighted by Crippen LogP contribution is 2.23. The van der Waals surface area contributed by atoms with E-state index in [1.807, 2.05) is 55.4 Å². The zero-order valence-electron chi connectivity index (χ0n) is 11.3. The van der Waals surface area contributed by atoms with E-state index < -0.39 is 0 Å². The zero-order chi connectivity index (χ0) is 14.5. The fraction of sp³-hybridized carbons (Fsp3) is 0.143. The zero-order valence-corrected chi connectivity index (χ0v) is 12.1. The highest BCUT2D eigenvalue weighted by molar-refractivity contribution is 7.80. The molecule has 0 unspecified atom stereocenters. The topological polar surface area (TPSA) is 66.8 Å². The molecule has 5 nitrogen and oxygen atoms in total. The summed E-state index contributed by atoms with van der Waals surface area (Å²) in [4.78, 5) is 2.05. The Morgan fingerprint density at radius 1 is 1.25 bits per heavy atom. The molecule has 0 aliphatic heterocycles. The number of nitrogens with zero attached hydrogens (tertiary/aromatic N) is 2. The van der Waals surface area contributed by atoms with Gasteiger partial charge in [0.1, 0.15) is 11.5 Å². The average Bonchev–Trinajstić information content (AvgIpc) is 2.87. The van der Waals surface area contributed by atoms with E-state index in [1.54, 1.807) is 0 Å². The van der Waals surface area contributed by atoms with Gasteiger partial charge >= 0.3 is 0 Å². The van der Waals surface area contributed by atoms with Crippen LogP contribution < -0.4 is 16.1 Å². The maximum Gasteiger partial charge on any atom is 0.184 e. The van der Waals surface area contributed by atoms with Crippen molar-refractivity contribution in [3.63, 3.8) is 0 Å². The predicted octanol–water partition coefficient (Wildman–Crippen LogP) is 2.18. The lowest BCUT2D eigenvalue weighted by atomic mass is 10.1. The molecule has 0 atom stereocenters. The summed E-state index contributed by atoms with van der Waals surface area (Å²) in [7, 11) is 4.01. The molecule has 2 rings (SSSR count). The first kappa shape index (κ1) is 14.1. The van der Waals surface area contributed by atoms with Crippen molar-refractivity contribution in [3.8, 4) is 11.3 Å². The molecule has 20 heavy (non-hydrogen) atoms. The van der Waals surface area contributed by atoms with E-state index in [9.17, 15) is 0 Å². The van der Waals surface area contributed by atoms with Gasteiger partial charge in [0.25, 0.3) is 0 Å². The number of nitrogens with two attached hydrogens (primary N) is 1. The number of hydrazone groups is 1. The Balaban J connectivity index is 2.12. The van der Waals surface area contributed by atoms with Crippen molar-refractivity contribution in [1.82, 2.24) is 5.43 Å². The molecular weight excluding hydrogens is 272 g/mol. The molecule has 6 heteroatoms. The van der Waals surface area contributed by atoms with Gasteiger partial charge in [-0.25, -0.2) is 0 Å². The number of furan rings is 1. The van der Waals surface area contributed by atoms with Crippen molar-refractivity contribution >= 4 is 29.2 Å². The minimum atomic E-state index is 0.118. The summed E-state index contributed by atoms with van der Waals surface area (Å²) in [5, 5.41) is 3.96. The molecule has 0 radical (unpaired) electrons. The van der Waals surface area contributed by atoms with E-state index in [0.717, 1.165) is 17.0 Å². The molecule has 0 spiro atoms. The van der Waals surface area contributed by atoms with Gasteiger partial charge < -0.3 is 15.1 Å². The number of anilines is 1. The van der Waals surface area contributed by atoms with Crippen molar-refractivity contribution in [2.45, 2.75) is 0 Å². The fourth-order valence-corrected chi connectivity index (χ4v) is 1.71. The number of benzene rings is 1. The van der Waals surface area contributed by atoms with E-state index >= 15 is 0 Å². The first-order valence-electron chi connectivity index (χ1n) is 6.02. The van der Waals surface area contributed by atoms with Crippen molar-refractivity contribution in [2.75, 3.05) is 19.0 Å². The van der Waals surface area contributed by atoms with E-state index in [0.29, 0.717) is 5.76 Å². The summed E-state index contributed by atoms with van der Waals surface area (Å²) in [5.41, 5.74) is 9.89. The van der Waals surface area contributed by atoms with Gasteiger partial charge in [0, 0.05) is 25.3 Å². The normalized spacial score (nSPS) is 10.7. The van der Waals surface area contributed by atoms with Crippen LogP contribution in [0.2, 0.25) is 0 Å². The van der Waals surface area contributed by atoms with E-state index in [4.69, 9.17) is 10.2 Å². The molecule has 0 saturated carbocycles. The minimum absolute atomic E-state index is 0.118. The summed E-state index contributed by atoms with van der Waals surface area (Å²) in [6, 6.07) is 11.8. The van der Waals surface area contributed by atoms with Crippen molar-refractivity contribution in [3.05, 3.63) is 42.2 Å². The summed E-state index contributed by atoms with van der Waals surface area (Å²) in [6.45, 7) is 0. The second-order valence-electron chi connectivity index (χ2n) is 4.38. The summed E-state index contributed by atoms with van der Waals surface area (Å²) in [5.74, 6) is 1.41. The first-order valence-corrected chi connectivity index (χ1v) is 6.43. The Kier molecular flexibility index (Phi) is 4.37. The molecule has 104 valence electrons. The van der Waals surface area contributed by atoms with E-state index in [2.05, 4.69) is 22.7 Å². The number of hydrogen-bond donors (Lipinski definition) is 2. The third kappa shape index (κ3) is 3.58. The van der Waals surface area contributed by atoms with Gasteiger partial charge in [-0.05, 0) is 48.6 Å². The van der Waals surface area contributed by atoms with Gasteiger partial charge in [-0.1, -0.05) is 0 Å². The van der Waals surface area contributed by atoms with Crippen molar-refractivity contribution in [1.29, 1.82) is 0 Å². The second kappa shape index (κ2) is 6.21. The lowest BCUT2D eigenvalue weighted by Crippen LogP contribution is -2.23. The molecule has 0 amide bonds. The van der Waals surface area contributed by atoms with Gasteiger partial charge in [-0.15, -0.1) is 0 Å². The van der Waals surface area contributed by atoms with Crippen molar-refractivity contribution in [2.24, 2.45) is 10.8 Å². The molecule has 0 bridgehead atoms. The lowest BCUT2D eigenvalue weighted by Gasteiger charge is -2.12. The molecule has 0 aliphatic rings. The van der Waals surface area contributed by atoms with Gasteiger partial charge in [0.2, 0.25) is 0 Å². The fourth-order valence-electron chi connectivity index (χ4n) is 1.66. The van der Waals surface area contributed by atoms with Gasteiger partial charge in [-0.2, -0.15) is 5.10 Å². The Labute approximate surface area is 123 Å². The third-order valence-corrected chi connectivity index (χ3v) is 2.75. The number of thiocarbonyl (C=S) groups is 1. The number of nitrogens with one attached hydrogen (secondary N) is 1. The van der Waals surface area contributed by atoms with Crippen LogP contribution in [0, 0.1) is 0 Å². The monoisotopic (exact) mass is 288 g/mol. The minimum Gasteiger partial charge on any atom is -0.455 e. The third-order valence-electron chi connectivity index (χ3n) is 2.66. The number of hydrogen-bond acceptors (Lipinski definition) is 4. The summed E-state index contributed by atoms with van der Waals surface area (Å²) >= 11 is 4.64. The SMILES string of the molecule is CN(C)c1ccc(-c2ccc(C=NNC(N)=S)o2)cc1. The highest BCUT2D eigenvalue weighted by Gasteiger charge is 2.04. The summed E-state index contributed by atoms with van der Waals surface area (Å²) in [6.07, 6.45) is 1.52. The van der Waals surface area contributed by atoms with Crippen LogP contribution in [-0.2, 0) is 0 Å². The van der Waals surface area contributed by atoms with Crippen LogP contribution in [0.15, 0.2) is 45.9 Å². The molecule has 1 heterocycles. The van der Waals surface area contributed by atoms with Crippen LogP contribution in [0.1, 0.15) is 5.76 Å². The first-order chi connectivity index (χ1) is 9.56. The standard InChI is InChI=1S/C14H16N4OS/c1-18(2)11-5-3-10(4-6-11)13-8-7-12(19-13)9-16-17-14(15)20/h3-9H,1-2H3,(H3,15,17,20). The maximum absolute atomic E-state index is 5.66. The van der Waals surface area contributed by atoms with Crippen LogP contribution in [0.4, 0.5) is 5.69 Å². The van der Waals surface area contributed by atoms with Crippen LogP contribution in [0.5, 0.6) is 0 Å². The van der Waals surface area contributed by atoms with Gasteiger partial charge in [-0.3, -0.25) is 5.43 Å². The molecular formula is C14H16N4OS. The second-order valence-corrected chi connectivity index (χ2v) is 4.82. The summed E-state index contributed by atoms with van der Waals surface area (Å²) < 4.78 is 5.66. The largest absolute Gasteiger partial charge is 0.455 e. The van der Waals surface area contributed by atoms with Crippen LogP contribution in [0.25, 0.3) is 11.3 Å². The molecule has 0 aliphatic carbocycles. The molecule has 0 fully saturated rings. The maximum atomic E-state index is 5.66.